The molecule has 6 heteroatoms. The molecule has 26 heavy (non-hydrogen) atoms. The highest BCUT2D eigenvalue weighted by Gasteiger charge is 2.15. The minimum Gasteiger partial charge on any atom is -0.495 e. The number of rotatable bonds is 4. The highest BCUT2D eigenvalue weighted by molar-refractivity contribution is 5.89. The first-order valence-electron chi connectivity index (χ1n) is 7.86. The quantitative estimate of drug-likeness (QED) is 0.693. The maximum atomic E-state index is 14.3. The van der Waals surface area contributed by atoms with Crippen molar-refractivity contribution in [1.29, 1.82) is 0 Å². The number of anilines is 1. The zero-order chi connectivity index (χ0) is 18.7. The molecule has 1 aromatic heterocycles. The Labute approximate surface area is 149 Å². The summed E-state index contributed by atoms with van der Waals surface area (Å²) in [4.78, 5) is 14.7. The van der Waals surface area contributed by atoms with Gasteiger partial charge in [0.25, 0.3) is 0 Å². The highest BCUT2D eigenvalue weighted by atomic mass is 19.1. The van der Waals surface area contributed by atoms with E-state index < -0.39 is 11.8 Å². The molecular formula is C20H16F2N2O2. The molecule has 0 aliphatic heterocycles. The van der Waals surface area contributed by atoms with Crippen molar-refractivity contribution in [3.8, 4) is 28.0 Å². The number of halogens is 2. The summed E-state index contributed by atoms with van der Waals surface area (Å²) in [7, 11) is 1.50. The molecule has 0 bridgehead atoms. The SMILES string of the molecule is COc1c(-c2ccnc(F)c2)cccc1-c1ccc(NC(C)=O)c(F)c1. The number of ether oxygens (including phenoxy) is 1. The molecule has 3 aromatic rings. The summed E-state index contributed by atoms with van der Waals surface area (Å²) in [6.07, 6.45) is 1.37. The monoisotopic (exact) mass is 354 g/mol. The molecule has 0 spiro atoms. The van der Waals surface area contributed by atoms with Crippen LogP contribution in [0.4, 0.5) is 14.5 Å². The van der Waals surface area contributed by atoms with Crippen molar-refractivity contribution in [2.24, 2.45) is 0 Å². The lowest BCUT2D eigenvalue weighted by molar-refractivity contribution is -0.114. The summed E-state index contributed by atoms with van der Waals surface area (Å²) in [5, 5.41) is 2.43. The fourth-order valence-electron chi connectivity index (χ4n) is 2.76. The van der Waals surface area contributed by atoms with Gasteiger partial charge in [-0.15, -0.1) is 0 Å². The second-order valence-electron chi connectivity index (χ2n) is 5.63. The first-order valence-corrected chi connectivity index (χ1v) is 7.86. The van der Waals surface area contributed by atoms with E-state index in [9.17, 15) is 13.6 Å². The van der Waals surface area contributed by atoms with Gasteiger partial charge in [-0.25, -0.2) is 9.37 Å². The van der Waals surface area contributed by atoms with Crippen molar-refractivity contribution in [2.45, 2.75) is 6.92 Å². The molecule has 3 rings (SSSR count). The zero-order valence-electron chi connectivity index (χ0n) is 14.2. The summed E-state index contributed by atoms with van der Waals surface area (Å²) < 4.78 is 33.3. The van der Waals surface area contributed by atoms with E-state index in [1.165, 1.54) is 38.4 Å². The Morgan fingerprint density at radius 1 is 1.04 bits per heavy atom. The van der Waals surface area contributed by atoms with Gasteiger partial charge >= 0.3 is 0 Å². The van der Waals surface area contributed by atoms with Crippen molar-refractivity contribution in [3.63, 3.8) is 0 Å². The average Bonchev–Trinajstić information content (AvgIpc) is 2.62. The summed E-state index contributed by atoms with van der Waals surface area (Å²) >= 11 is 0. The Balaban J connectivity index is 2.10. The first kappa shape index (κ1) is 17.5. The van der Waals surface area contributed by atoms with Crippen LogP contribution in [-0.2, 0) is 4.79 Å². The molecule has 4 nitrogen and oxygen atoms in total. The van der Waals surface area contributed by atoms with Gasteiger partial charge in [0.15, 0.2) is 0 Å². The molecule has 0 saturated carbocycles. The van der Waals surface area contributed by atoms with Crippen LogP contribution in [0.2, 0.25) is 0 Å². The fourth-order valence-corrected chi connectivity index (χ4v) is 2.76. The predicted molar refractivity (Wildman–Crippen MR) is 95.9 cm³/mol. The Bertz CT molecular complexity index is 974. The molecule has 2 aromatic carbocycles. The number of para-hydroxylation sites is 1. The largest absolute Gasteiger partial charge is 0.495 e. The molecule has 1 heterocycles. The van der Waals surface area contributed by atoms with Crippen LogP contribution >= 0.6 is 0 Å². The normalized spacial score (nSPS) is 10.5. The molecule has 0 aliphatic carbocycles. The third-order valence-corrected chi connectivity index (χ3v) is 3.85. The van der Waals surface area contributed by atoms with Crippen LogP contribution in [0.1, 0.15) is 6.92 Å². The van der Waals surface area contributed by atoms with Crippen molar-refractivity contribution >= 4 is 11.6 Å². The summed E-state index contributed by atoms with van der Waals surface area (Å²) in [5.41, 5.74) is 2.59. The predicted octanol–water partition coefficient (Wildman–Crippen LogP) is 4.66. The van der Waals surface area contributed by atoms with Crippen molar-refractivity contribution < 1.29 is 18.3 Å². The van der Waals surface area contributed by atoms with Gasteiger partial charge in [0, 0.05) is 30.3 Å². The number of carbonyl (C=O) groups excluding carboxylic acids is 1. The van der Waals surface area contributed by atoms with Gasteiger partial charge in [-0.05, 0) is 29.3 Å². The number of nitrogens with zero attached hydrogens (tertiary/aromatic N) is 1. The number of nitrogens with one attached hydrogen (secondary N) is 1. The van der Waals surface area contributed by atoms with E-state index >= 15 is 0 Å². The summed E-state index contributed by atoms with van der Waals surface area (Å²) in [6, 6.07) is 12.8. The van der Waals surface area contributed by atoms with Crippen LogP contribution in [0.25, 0.3) is 22.3 Å². The molecule has 0 fully saturated rings. The summed E-state index contributed by atoms with van der Waals surface area (Å²) in [6.45, 7) is 1.31. The Morgan fingerprint density at radius 2 is 1.73 bits per heavy atom. The van der Waals surface area contributed by atoms with Crippen LogP contribution < -0.4 is 10.1 Å². The van der Waals surface area contributed by atoms with Gasteiger partial charge in [-0.1, -0.05) is 24.3 Å². The van der Waals surface area contributed by atoms with Crippen LogP contribution in [0.3, 0.4) is 0 Å². The van der Waals surface area contributed by atoms with Crippen LogP contribution in [0.15, 0.2) is 54.7 Å². The molecular weight excluding hydrogens is 338 g/mol. The Kier molecular flexibility index (Phi) is 4.93. The third-order valence-electron chi connectivity index (χ3n) is 3.85. The molecule has 0 radical (unpaired) electrons. The van der Waals surface area contributed by atoms with E-state index in [4.69, 9.17) is 4.74 Å². The Morgan fingerprint density at radius 3 is 2.31 bits per heavy atom. The average molecular weight is 354 g/mol. The van der Waals surface area contributed by atoms with Crippen molar-refractivity contribution in [1.82, 2.24) is 4.98 Å². The second kappa shape index (κ2) is 7.31. The van der Waals surface area contributed by atoms with E-state index in [1.54, 1.807) is 30.3 Å². The molecule has 0 atom stereocenters. The van der Waals surface area contributed by atoms with E-state index in [0.717, 1.165) is 0 Å². The molecule has 0 saturated heterocycles. The van der Waals surface area contributed by atoms with E-state index in [2.05, 4.69) is 10.3 Å². The number of amides is 1. The maximum absolute atomic E-state index is 14.3. The lowest BCUT2D eigenvalue weighted by Gasteiger charge is -2.15. The maximum Gasteiger partial charge on any atom is 0.221 e. The van der Waals surface area contributed by atoms with Crippen molar-refractivity contribution in [2.75, 3.05) is 12.4 Å². The number of pyridine rings is 1. The molecule has 0 unspecified atom stereocenters. The second-order valence-corrected chi connectivity index (χ2v) is 5.63. The number of hydrogen-bond acceptors (Lipinski definition) is 3. The fraction of sp³-hybridized carbons (Fsp3) is 0.100. The number of aromatic nitrogens is 1. The zero-order valence-corrected chi connectivity index (χ0v) is 14.2. The topological polar surface area (TPSA) is 51.2 Å². The van der Waals surface area contributed by atoms with Gasteiger partial charge in [-0.3, -0.25) is 4.79 Å². The molecule has 132 valence electrons. The van der Waals surface area contributed by atoms with Crippen LogP contribution in [-0.4, -0.2) is 18.0 Å². The smallest absolute Gasteiger partial charge is 0.221 e. The van der Waals surface area contributed by atoms with Gasteiger partial charge in [0.1, 0.15) is 11.6 Å². The van der Waals surface area contributed by atoms with Crippen LogP contribution in [0, 0.1) is 11.8 Å². The number of methoxy groups -OCH3 is 1. The van der Waals surface area contributed by atoms with Gasteiger partial charge in [0.2, 0.25) is 11.9 Å². The van der Waals surface area contributed by atoms with Gasteiger partial charge in [-0.2, -0.15) is 4.39 Å². The number of hydrogen-bond donors (Lipinski definition) is 1. The Hall–Kier alpha value is -3.28. The lowest BCUT2D eigenvalue weighted by Crippen LogP contribution is -2.07. The van der Waals surface area contributed by atoms with E-state index in [0.29, 0.717) is 28.0 Å². The molecule has 0 aliphatic rings. The third kappa shape index (κ3) is 3.54. The van der Waals surface area contributed by atoms with E-state index in [-0.39, 0.29) is 11.6 Å². The molecule has 1 amide bonds. The standard InChI is InChI=1S/C20H16F2N2O2/c1-12(25)24-18-7-6-13(10-17(18)21)15-4-3-5-16(20(15)26-2)14-8-9-23-19(22)11-14/h3-11H,1-2H3,(H,24,25). The minimum atomic E-state index is -0.597. The molecule has 1 N–H and O–H groups in total. The minimum absolute atomic E-state index is 0.104. The van der Waals surface area contributed by atoms with Crippen LogP contribution in [0.5, 0.6) is 5.75 Å². The lowest BCUT2D eigenvalue weighted by atomic mass is 9.97. The highest BCUT2D eigenvalue weighted by Crippen LogP contribution is 2.39. The van der Waals surface area contributed by atoms with E-state index in [1.807, 2.05) is 0 Å². The van der Waals surface area contributed by atoms with Gasteiger partial charge in [0.05, 0.1) is 12.8 Å². The number of carbonyl (C=O) groups is 1. The summed E-state index contributed by atoms with van der Waals surface area (Å²) in [5.74, 6) is -1.01. The van der Waals surface area contributed by atoms with Crippen molar-refractivity contribution in [3.05, 3.63) is 66.5 Å². The first-order chi connectivity index (χ1) is 12.5. The number of benzene rings is 2. The van der Waals surface area contributed by atoms with Gasteiger partial charge < -0.3 is 10.1 Å².